The Morgan fingerprint density at radius 3 is 2.31 bits per heavy atom. The highest BCUT2D eigenvalue weighted by molar-refractivity contribution is 5.88. The molecular formula is C26H37N5O5. The molecule has 4 saturated carbocycles. The number of nitrogens with zero attached hydrogens (tertiary/aromatic N) is 4. The van der Waals surface area contributed by atoms with E-state index < -0.39 is 23.3 Å². The van der Waals surface area contributed by atoms with Gasteiger partial charge in [0.2, 0.25) is 5.91 Å². The summed E-state index contributed by atoms with van der Waals surface area (Å²) in [7, 11) is 3.28. The van der Waals surface area contributed by atoms with Crippen molar-refractivity contribution in [2.24, 2.45) is 43.2 Å². The number of carbonyl (C=O) groups excluding carboxylic acids is 2. The molecule has 1 N–H and O–H groups in total. The molecule has 0 saturated heterocycles. The van der Waals surface area contributed by atoms with E-state index >= 15 is 0 Å². The zero-order valence-corrected chi connectivity index (χ0v) is 21.7. The summed E-state index contributed by atoms with van der Waals surface area (Å²) in [5.74, 6) is 1.37. The van der Waals surface area contributed by atoms with Gasteiger partial charge < -0.3 is 14.6 Å². The number of hydrogen-bond acceptors (Lipinski definition) is 6. The van der Waals surface area contributed by atoms with Crippen LogP contribution in [0.3, 0.4) is 0 Å². The van der Waals surface area contributed by atoms with Gasteiger partial charge in [-0.25, -0.2) is 14.6 Å². The smallest absolute Gasteiger partial charge is 0.332 e. The number of imidazole rings is 1. The zero-order chi connectivity index (χ0) is 25.8. The average molecular weight is 500 g/mol. The molecule has 1 atom stereocenters. The van der Waals surface area contributed by atoms with Crippen LogP contribution in [-0.2, 0) is 35.0 Å². The van der Waals surface area contributed by atoms with Gasteiger partial charge in [0.25, 0.3) is 5.56 Å². The van der Waals surface area contributed by atoms with Gasteiger partial charge in [0.05, 0.1) is 12.9 Å². The van der Waals surface area contributed by atoms with Gasteiger partial charge in [0.15, 0.2) is 11.2 Å². The number of aromatic nitrogens is 4. The highest BCUT2D eigenvalue weighted by atomic mass is 16.5. The lowest BCUT2D eigenvalue weighted by atomic mass is 9.49. The van der Waals surface area contributed by atoms with E-state index in [-0.39, 0.29) is 30.4 Å². The maximum atomic E-state index is 13.4. The second kappa shape index (κ2) is 9.19. The fraction of sp³-hybridized carbons (Fsp3) is 0.731. The van der Waals surface area contributed by atoms with Gasteiger partial charge in [-0.15, -0.1) is 0 Å². The molecule has 2 aromatic rings. The molecule has 10 heteroatoms. The maximum Gasteiger partial charge on any atom is 0.332 e. The Kier molecular flexibility index (Phi) is 6.32. The molecule has 4 aliphatic rings. The van der Waals surface area contributed by atoms with Gasteiger partial charge in [0.1, 0.15) is 6.04 Å². The van der Waals surface area contributed by atoms with Crippen LogP contribution in [0.5, 0.6) is 0 Å². The second-order valence-electron chi connectivity index (χ2n) is 11.7. The van der Waals surface area contributed by atoms with E-state index in [2.05, 4.69) is 10.3 Å². The molecule has 1 amide bonds. The van der Waals surface area contributed by atoms with Gasteiger partial charge in [0, 0.05) is 26.1 Å². The minimum atomic E-state index is -0.716. The van der Waals surface area contributed by atoms with Crippen LogP contribution >= 0.6 is 0 Å². The molecule has 0 radical (unpaired) electrons. The number of hydrogen-bond donors (Lipinski definition) is 1. The normalized spacial score (nSPS) is 27.5. The molecule has 0 aromatic carbocycles. The van der Waals surface area contributed by atoms with Gasteiger partial charge in [-0.3, -0.25) is 18.7 Å². The van der Waals surface area contributed by atoms with Crippen molar-refractivity contribution in [2.75, 3.05) is 6.61 Å². The summed E-state index contributed by atoms with van der Waals surface area (Å²) in [6, 6.07) is -0.716. The number of aryl methyl sites for hydroxylation is 2. The molecule has 0 aliphatic heterocycles. The molecule has 10 nitrogen and oxygen atoms in total. The summed E-state index contributed by atoms with van der Waals surface area (Å²) in [6.45, 7) is 3.97. The Labute approximate surface area is 210 Å². The molecule has 6 rings (SSSR count). The lowest BCUT2D eigenvalue weighted by Gasteiger charge is -2.55. The minimum absolute atomic E-state index is 0.0109. The van der Waals surface area contributed by atoms with E-state index in [1.807, 2.05) is 13.8 Å². The van der Waals surface area contributed by atoms with Crippen molar-refractivity contribution < 1.29 is 14.3 Å². The van der Waals surface area contributed by atoms with Gasteiger partial charge in [-0.05, 0) is 68.6 Å². The Morgan fingerprint density at radius 1 is 1.11 bits per heavy atom. The van der Waals surface area contributed by atoms with Gasteiger partial charge >= 0.3 is 11.7 Å². The predicted molar refractivity (Wildman–Crippen MR) is 133 cm³/mol. The van der Waals surface area contributed by atoms with Crippen LogP contribution in [0.15, 0.2) is 15.9 Å². The third-order valence-electron chi connectivity index (χ3n) is 8.70. The average Bonchev–Trinajstić information content (AvgIpc) is 3.20. The van der Waals surface area contributed by atoms with Gasteiger partial charge in [-0.2, -0.15) is 0 Å². The first-order valence-electron chi connectivity index (χ1n) is 13.2. The first-order valence-corrected chi connectivity index (χ1v) is 13.2. The first kappa shape index (κ1) is 24.8. The largest absolute Gasteiger partial charge is 0.464 e. The summed E-state index contributed by atoms with van der Waals surface area (Å²) < 4.78 is 9.60. The Morgan fingerprint density at radius 2 is 1.72 bits per heavy atom. The van der Waals surface area contributed by atoms with Crippen molar-refractivity contribution in [1.29, 1.82) is 0 Å². The summed E-state index contributed by atoms with van der Waals surface area (Å²) in [4.78, 5) is 56.0. The summed E-state index contributed by atoms with van der Waals surface area (Å²) in [5.41, 5.74) is -0.512. The number of fused-ring (bicyclic) bond motifs is 1. The summed E-state index contributed by atoms with van der Waals surface area (Å²) >= 11 is 0. The second-order valence-corrected chi connectivity index (χ2v) is 11.7. The topological polar surface area (TPSA) is 117 Å². The Balaban J connectivity index is 1.20. The minimum Gasteiger partial charge on any atom is -0.464 e. The number of carbonyl (C=O) groups is 2. The third kappa shape index (κ3) is 4.18. The highest BCUT2D eigenvalue weighted by Crippen LogP contribution is 2.60. The van der Waals surface area contributed by atoms with Crippen LogP contribution in [0, 0.1) is 29.1 Å². The van der Waals surface area contributed by atoms with Crippen molar-refractivity contribution in [3.8, 4) is 0 Å². The first-order chi connectivity index (χ1) is 17.1. The highest BCUT2D eigenvalue weighted by Gasteiger charge is 2.55. The van der Waals surface area contributed by atoms with Crippen molar-refractivity contribution in [3.05, 3.63) is 27.2 Å². The van der Waals surface area contributed by atoms with E-state index in [1.165, 1.54) is 30.2 Å². The molecule has 0 spiro atoms. The van der Waals surface area contributed by atoms with Crippen LogP contribution in [0.1, 0.15) is 58.8 Å². The van der Waals surface area contributed by atoms with Crippen LogP contribution in [0.25, 0.3) is 11.2 Å². The van der Waals surface area contributed by atoms with Crippen molar-refractivity contribution in [1.82, 2.24) is 24.0 Å². The van der Waals surface area contributed by atoms with Crippen LogP contribution in [0.4, 0.5) is 0 Å². The molecule has 36 heavy (non-hydrogen) atoms. The van der Waals surface area contributed by atoms with Gasteiger partial charge in [-0.1, -0.05) is 13.8 Å². The fourth-order valence-electron chi connectivity index (χ4n) is 7.26. The molecule has 2 aromatic heterocycles. The number of ether oxygens (including phenoxy) is 1. The Bertz CT molecular complexity index is 1270. The van der Waals surface area contributed by atoms with E-state index in [4.69, 9.17) is 4.74 Å². The van der Waals surface area contributed by atoms with Crippen molar-refractivity contribution >= 4 is 23.0 Å². The van der Waals surface area contributed by atoms with E-state index in [0.717, 1.165) is 23.8 Å². The monoisotopic (exact) mass is 499 g/mol. The molecule has 4 fully saturated rings. The molecular weight excluding hydrogens is 462 g/mol. The number of nitrogens with one attached hydrogen (secondary N) is 1. The molecule has 196 valence electrons. The molecule has 4 aliphatic carbocycles. The molecule has 0 unspecified atom stereocenters. The lowest BCUT2D eigenvalue weighted by molar-refractivity contribution is -0.155. The predicted octanol–water partition coefficient (Wildman–Crippen LogP) is 1.72. The zero-order valence-electron chi connectivity index (χ0n) is 21.7. The summed E-state index contributed by atoms with van der Waals surface area (Å²) in [6.07, 6.45) is 8.38. The lowest BCUT2D eigenvalue weighted by Crippen LogP contribution is -2.57. The molecule has 4 bridgehead atoms. The third-order valence-corrected chi connectivity index (χ3v) is 8.70. The van der Waals surface area contributed by atoms with E-state index in [0.29, 0.717) is 35.3 Å². The van der Waals surface area contributed by atoms with Crippen LogP contribution in [-0.4, -0.2) is 43.2 Å². The van der Waals surface area contributed by atoms with Crippen LogP contribution in [0.2, 0.25) is 0 Å². The van der Waals surface area contributed by atoms with E-state index in [9.17, 15) is 19.2 Å². The molecule has 2 heterocycles. The van der Waals surface area contributed by atoms with E-state index in [1.54, 1.807) is 18.7 Å². The van der Waals surface area contributed by atoms with Crippen molar-refractivity contribution in [2.45, 2.75) is 71.4 Å². The maximum absolute atomic E-state index is 13.4. The standard InChI is InChI=1S/C26H37N5O5/c1-15(2)19(28-24(34)26-11-16-8-17(12-26)10-18(9-16)13-26)23(33)36-7-5-6-31-22(32)20-21(27-14-29(20)3)30(4)25(31)35/h14-19H,5-13H2,1-4H3,(H,28,34)/t16?,17?,18?,19-,26?/m1/s1. The van der Waals surface area contributed by atoms with Crippen molar-refractivity contribution in [3.63, 3.8) is 0 Å². The number of rotatable bonds is 8. The number of amides is 1. The van der Waals surface area contributed by atoms with Crippen LogP contribution < -0.4 is 16.6 Å². The summed E-state index contributed by atoms with van der Waals surface area (Å²) in [5, 5.41) is 3.05. The number of esters is 1. The Hall–Kier alpha value is -2.91. The fourth-order valence-corrected chi connectivity index (χ4v) is 7.26. The SMILES string of the molecule is CC(C)[C@@H](NC(=O)C12CC3CC(CC(C3)C1)C2)C(=O)OCCCn1c(=O)c2c(ncn2C)n(C)c1=O. The quantitative estimate of drug-likeness (QED) is 0.437.